The van der Waals surface area contributed by atoms with E-state index in [0.29, 0.717) is 0 Å². The fourth-order valence-corrected chi connectivity index (χ4v) is 4.66. The third-order valence-electron chi connectivity index (χ3n) is 5.22. The Bertz CT molecular complexity index is 1000. The van der Waals surface area contributed by atoms with Gasteiger partial charge in [0.15, 0.2) is 0 Å². The summed E-state index contributed by atoms with van der Waals surface area (Å²) in [4.78, 5) is 8.83. The van der Waals surface area contributed by atoms with Gasteiger partial charge in [-0.15, -0.1) is 36.2 Å². The smallest absolute Gasteiger partial charge is 0.215 e. The number of piperidine rings is 1. The van der Waals surface area contributed by atoms with Crippen LogP contribution in [0.2, 0.25) is 0 Å². The molecular weight excluding hydrogens is 399 g/mol. The van der Waals surface area contributed by atoms with Crippen LogP contribution in [-0.4, -0.2) is 38.5 Å². The lowest BCUT2D eigenvalue weighted by Crippen LogP contribution is -2.32. The Morgan fingerprint density at radius 3 is 2.52 bits per heavy atom. The van der Waals surface area contributed by atoms with Crippen LogP contribution in [0.1, 0.15) is 19.3 Å². The average molecular weight is 423 g/mol. The van der Waals surface area contributed by atoms with Crippen molar-refractivity contribution in [3.05, 3.63) is 48.0 Å². The first-order valence-electron chi connectivity index (χ1n) is 9.13. The maximum Gasteiger partial charge on any atom is 0.215 e. The van der Waals surface area contributed by atoms with Gasteiger partial charge in [0.1, 0.15) is 0 Å². The van der Waals surface area contributed by atoms with Crippen LogP contribution in [0, 0.1) is 0 Å². The van der Waals surface area contributed by atoms with E-state index in [1.54, 1.807) is 11.3 Å². The number of rotatable bonds is 4. The van der Waals surface area contributed by atoms with E-state index in [4.69, 9.17) is 4.98 Å². The van der Waals surface area contributed by atoms with Crippen LogP contribution < -0.4 is 0 Å². The molecule has 1 aromatic carbocycles. The van der Waals surface area contributed by atoms with Gasteiger partial charge in [-0.05, 0) is 49.5 Å². The molecule has 0 saturated carbocycles. The Morgan fingerprint density at radius 2 is 1.74 bits per heavy atom. The second-order valence-electron chi connectivity index (χ2n) is 6.82. The first-order valence-corrected chi connectivity index (χ1v) is 10.0. The number of thiophene rings is 1. The van der Waals surface area contributed by atoms with E-state index in [1.807, 2.05) is 0 Å². The molecular formula is C20H24Cl2N4S. The minimum absolute atomic E-state index is 0. The summed E-state index contributed by atoms with van der Waals surface area (Å²) in [7, 11) is 0. The summed E-state index contributed by atoms with van der Waals surface area (Å²) in [6.45, 7) is 4.57. The number of hydrogen-bond donors (Lipinski definition) is 0. The van der Waals surface area contributed by atoms with Gasteiger partial charge in [-0.2, -0.15) is 0 Å². The van der Waals surface area contributed by atoms with Crippen LogP contribution >= 0.6 is 36.2 Å². The van der Waals surface area contributed by atoms with Gasteiger partial charge < -0.3 is 9.47 Å². The van der Waals surface area contributed by atoms with Gasteiger partial charge in [-0.1, -0.05) is 24.6 Å². The molecule has 1 aliphatic rings. The van der Waals surface area contributed by atoms with Crippen molar-refractivity contribution in [1.82, 2.24) is 18.9 Å². The molecule has 1 saturated heterocycles. The second-order valence-corrected chi connectivity index (χ2v) is 7.76. The number of halogens is 2. The van der Waals surface area contributed by atoms with E-state index in [2.05, 4.69) is 61.8 Å². The van der Waals surface area contributed by atoms with Gasteiger partial charge in [0.2, 0.25) is 5.78 Å². The third kappa shape index (κ3) is 3.74. The number of likely N-dealkylation sites (tertiary alicyclic amines) is 1. The van der Waals surface area contributed by atoms with E-state index in [9.17, 15) is 0 Å². The zero-order valence-corrected chi connectivity index (χ0v) is 17.5. The van der Waals surface area contributed by atoms with E-state index in [0.717, 1.165) is 24.4 Å². The minimum Gasteiger partial charge on any atom is -0.308 e. The molecule has 4 aromatic rings. The molecule has 1 fully saturated rings. The molecule has 27 heavy (non-hydrogen) atoms. The minimum atomic E-state index is 0. The highest BCUT2D eigenvalue weighted by Crippen LogP contribution is 2.29. The number of aromatic nitrogens is 3. The summed E-state index contributed by atoms with van der Waals surface area (Å²) in [6, 6.07) is 12.7. The molecule has 7 heteroatoms. The first-order chi connectivity index (χ1) is 12.4. The van der Waals surface area contributed by atoms with Crippen molar-refractivity contribution in [3.63, 3.8) is 0 Å². The molecule has 3 aromatic heterocycles. The Kier molecular flexibility index (Phi) is 6.48. The normalized spacial score (nSPS) is 15.0. The van der Waals surface area contributed by atoms with Crippen molar-refractivity contribution in [2.24, 2.45) is 0 Å². The quantitative estimate of drug-likeness (QED) is 0.442. The van der Waals surface area contributed by atoms with Crippen molar-refractivity contribution in [1.29, 1.82) is 0 Å². The number of para-hydroxylation sites is 2. The predicted octanol–water partition coefficient (Wildman–Crippen LogP) is 5.35. The van der Waals surface area contributed by atoms with E-state index < -0.39 is 0 Å². The monoisotopic (exact) mass is 422 g/mol. The van der Waals surface area contributed by atoms with E-state index >= 15 is 0 Å². The molecule has 0 spiro atoms. The standard InChI is InChI=1S/C20H22N4S.2ClH/c1-4-10-22(11-5-1)12-13-23-18(19-9-6-14-25-19)15-24-17-8-3-2-7-16(17)21-20(23)24;;/h2-3,6-9,14-15H,1,4-5,10-13H2;2*1H. The third-order valence-corrected chi connectivity index (χ3v) is 6.12. The Morgan fingerprint density at radius 1 is 0.926 bits per heavy atom. The molecule has 4 nitrogen and oxygen atoms in total. The number of hydrogen-bond acceptors (Lipinski definition) is 3. The molecule has 1 aliphatic heterocycles. The van der Waals surface area contributed by atoms with Crippen LogP contribution in [0.25, 0.3) is 27.4 Å². The van der Waals surface area contributed by atoms with E-state index in [-0.39, 0.29) is 24.8 Å². The van der Waals surface area contributed by atoms with Crippen molar-refractivity contribution in [2.75, 3.05) is 19.6 Å². The van der Waals surface area contributed by atoms with Gasteiger partial charge in [0, 0.05) is 19.3 Å². The zero-order chi connectivity index (χ0) is 16.6. The number of benzene rings is 1. The van der Waals surface area contributed by atoms with Crippen molar-refractivity contribution in [2.45, 2.75) is 25.8 Å². The van der Waals surface area contributed by atoms with Crippen LogP contribution in [-0.2, 0) is 6.54 Å². The van der Waals surface area contributed by atoms with Gasteiger partial charge >= 0.3 is 0 Å². The van der Waals surface area contributed by atoms with Crippen molar-refractivity contribution in [3.8, 4) is 10.6 Å². The molecule has 0 amide bonds. The van der Waals surface area contributed by atoms with Crippen LogP contribution in [0.5, 0.6) is 0 Å². The lowest BCUT2D eigenvalue weighted by Gasteiger charge is -2.26. The maximum absolute atomic E-state index is 4.92. The Hall–Kier alpha value is -1.53. The summed E-state index contributed by atoms with van der Waals surface area (Å²) in [5.74, 6) is 1.06. The Labute approximate surface area is 175 Å². The van der Waals surface area contributed by atoms with E-state index in [1.165, 1.54) is 48.4 Å². The van der Waals surface area contributed by atoms with Crippen molar-refractivity contribution >= 4 is 53.0 Å². The van der Waals surface area contributed by atoms with Gasteiger partial charge in [0.05, 0.1) is 21.6 Å². The maximum atomic E-state index is 4.92. The van der Waals surface area contributed by atoms with Crippen LogP contribution in [0.15, 0.2) is 48.0 Å². The summed E-state index contributed by atoms with van der Waals surface area (Å²) in [5.41, 5.74) is 3.54. The lowest BCUT2D eigenvalue weighted by atomic mass is 10.1. The fraction of sp³-hybridized carbons (Fsp3) is 0.350. The molecule has 144 valence electrons. The number of nitrogens with zero attached hydrogens (tertiary/aromatic N) is 4. The number of imidazole rings is 2. The summed E-state index contributed by atoms with van der Waals surface area (Å²) in [6.07, 6.45) is 6.32. The molecule has 4 heterocycles. The molecule has 0 atom stereocenters. The lowest BCUT2D eigenvalue weighted by molar-refractivity contribution is 0.222. The highest BCUT2D eigenvalue weighted by atomic mass is 35.5. The Balaban J connectivity index is 0.00000105. The summed E-state index contributed by atoms with van der Waals surface area (Å²) in [5, 5.41) is 2.15. The summed E-state index contributed by atoms with van der Waals surface area (Å²) < 4.78 is 4.65. The largest absolute Gasteiger partial charge is 0.308 e. The van der Waals surface area contributed by atoms with Crippen molar-refractivity contribution < 1.29 is 0 Å². The van der Waals surface area contributed by atoms with Crippen LogP contribution in [0.3, 0.4) is 0 Å². The SMILES string of the molecule is Cl.Cl.c1csc(-c2cn3c4ccccc4nc3n2CCN2CCCCC2)c1. The van der Waals surface area contributed by atoms with Gasteiger partial charge in [-0.25, -0.2) is 4.98 Å². The second kappa shape index (κ2) is 8.65. The molecule has 0 N–H and O–H groups in total. The first kappa shape index (κ1) is 20.2. The molecule has 0 bridgehead atoms. The molecule has 0 radical (unpaired) electrons. The highest BCUT2D eigenvalue weighted by molar-refractivity contribution is 7.13. The highest BCUT2D eigenvalue weighted by Gasteiger charge is 2.17. The molecule has 0 aliphatic carbocycles. The zero-order valence-electron chi connectivity index (χ0n) is 15.1. The fourth-order valence-electron chi connectivity index (χ4n) is 3.91. The average Bonchev–Trinajstić information content (AvgIpc) is 3.36. The summed E-state index contributed by atoms with van der Waals surface area (Å²) >= 11 is 1.80. The molecule has 5 rings (SSSR count). The van der Waals surface area contributed by atoms with Gasteiger partial charge in [0.25, 0.3) is 0 Å². The topological polar surface area (TPSA) is 25.5 Å². The number of fused-ring (bicyclic) bond motifs is 3. The van der Waals surface area contributed by atoms with Crippen LogP contribution in [0.4, 0.5) is 0 Å². The van der Waals surface area contributed by atoms with Gasteiger partial charge in [-0.3, -0.25) is 4.40 Å². The predicted molar refractivity (Wildman–Crippen MR) is 119 cm³/mol. The molecule has 0 unspecified atom stereocenters.